The standard InChI is InChI=1S/C17H15Cl2N5O2/c18-15-10-14(24(25)26)11-16(19)17(15)23-22-13-4-2-12(3-5-13)6-9-21-8-1-7-20/h2-5,10-11,21H,1,6,8-9H2. The lowest BCUT2D eigenvalue weighted by Gasteiger charge is -2.03. The van der Waals surface area contributed by atoms with Gasteiger partial charge in [-0.1, -0.05) is 35.3 Å². The maximum absolute atomic E-state index is 10.8. The van der Waals surface area contributed by atoms with Gasteiger partial charge in [-0.05, 0) is 30.7 Å². The number of hydrogen-bond donors (Lipinski definition) is 1. The van der Waals surface area contributed by atoms with Crippen LogP contribution in [0.3, 0.4) is 0 Å². The number of nitro groups is 1. The molecule has 0 aliphatic carbocycles. The lowest BCUT2D eigenvalue weighted by molar-refractivity contribution is -0.384. The molecule has 0 spiro atoms. The molecule has 2 rings (SSSR count). The van der Waals surface area contributed by atoms with Gasteiger partial charge in [0.1, 0.15) is 5.69 Å². The van der Waals surface area contributed by atoms with E-state index in [0.717, 1.165) is 18.5 Å². The van der Waals surface area contributed by atoms with E-state index in [1.54, 1.807) is 12.1 Å². The summed E-state index contributed by atoms with van der Waals surface area (Å²) in [5.41, 5.74) is 1.72. The molecule has 134 valence electrons. The minimum atomic E-state index is -0.577. The van der Waals surface area contributed by atoms with Crippen molar-refractivity contribution in [2.24, 2.45) is 10.2 Å². The molecule has 0 fully saturated rings. The van der Waals surface area contributed by atoms with E-state index >= 15 is 0 Å². The third-order valence-electron chi connectivity index (χ3n) is 3.42. The Morgan fingerprint density at radius 1 is 1.12 bits per heavy atom. The number of halogens is 2. The van der Waals surface area contributed by atoms with Crippen LogP contribution in [0.15, 0.2) is 46.6 Å². The van der Waals surface area contributed by atoms with Crippen molar-refractivity contribution in [1.29, 1.82) is 5.26 Å². The first kappa shape index (κ1) is 19.8. The van der Waals surface area contributed by atoms with E-state index in [0.29, 0.717) is 18.7 Å². The summed E-state index contributed by atoms with van der Waals surface area (Å²) < 4.78 is 0. The fourth-order valence-electron chi connectivity index (χ4n) is 2.09. The number of non-ortho nitro benzene ring substituents is 1. The molecule has 0 saturated carbocycles. The minimum Gasteiger partial charge on any atom is -0.315 e. The Labute approximate surface area is 160 Å². The smallest absolute Gasteiger partial charge is 0.272 e. The van der Waals surface area contributed by atoms with Gasteiger partial charge in [-0.25, -0.2) is 0 Å². The fourth-order valence-corrected chi connectivity index (χ4v) is 2.64. The largest absolute Gasteiger partial charge is 0.315 e. The van der Waals surface area contributed by atoms with Gasteiger partial charge < -0.3 is 5.32 Å². The van der Waals surface area contributed by atoms with Crippen LogP contribution in [0, 0.1) is 21.4 Å². The summed E-state index contributed by atoms with van der Waals surface area (Å²) in [5, 5.41) is 30.6. The van der Waals surface area contributed by atoms with Crippen LogP contribution in [0.4, 0.5) is 17.1 Å². The Hall–Kier alpha value is -2.53. The first-order valence-corrected chi connectivity index (χ1v) is 8.48. The second kappa shape index (κ2) is 9.82. The molecule has 26 heavy (non-hydrogen) atoms. The van der Waals surface area contributed by atoms with E-state index in [1.807, 2.05) is 12.1 Å². The SMILES string of the molecule is N#CCCNCCc1ccc(N=Nc2c(Cl)cc([N+](=O)[O-])cc2Cl)cc1. The van der Waals surface area contributed by atoms with Gasteiger partial charge in [-0.3, -0.25) is 10.1 Å². The van der Waals surface area contributed by atoms with Crippen LogP contribution in [0.25, 0.3) is 0 Å². The van der Waals surface area contributed by atoms with Crippen molar-refractivity contribution < 1.29 is 4.92 Å². The summed E-state index contributed by atoms with van der Waals surface area (Å²) in [6, 6.07) is 11.9. The molecule has 0 aliphatic rings. The summed E-state index contributed by atoms with van der Waals surface area (Å²) >= 11 is 12.0. The molecule has 0 aromatic heterocycles. The quantitative estimate of drug-likeness (QED) is 0.282. The van der Waals surface area contributed by atoms with E-state index in [9.17, 15) is 10.1 Å². The third kappa shape index (κ3) is 5.77. The molecule has 0 unspecified atom stereocenters. The first-order chi connectivity index (χ1) is 12.5. The van der Waals surface area contributed by atoms with Crippen LogP contribution < -0.4 is 5.32 Å². The predicted molar refractivity (Wildman–Crippen MR) is 101 cm³/mol. The van der Waals surface area contributed by atoms with Gasteiger partial charge in [0.2, 0.25) is 0 Å². The van der Waals surface area contributed by atoms with Gasteiger partial charge in [0.05, 0.1) is 26.7 Å². The van der Waals surface area contributed by atoms with E-state index in [-0.39, 0.29) is 21.4 Å². The van der Waals surface area contributed by atoms with Crippen LogP contribution in [0.1, 0.15) is 12.0 Å². The molecule has 0 aliphatic heterocycles. The van der Waals surface area contributed by atoms with Crippen LogP contribution in [-0.4, -0.2) is 18.0 Å². The number of nitro benzene ring substituents is 1. The van der Waals surface area contributed by atoms with Crippen molar-refractivity contribution in [2.45, 2.75) is 12.8 Å². The van der Waals surface area contributed by atoms with E-state index in [4.69, 9.17) is 28.5 Å². The van der Waals surface area contributed by atoms with Gasteiger partial charge in [-0.2, -0.15) is 10.4 Å². The van der Waals surface area contributed by atoms with Gasteiger partial charge in [-0.15, -0.1) is 5.11 Å². The Kier molecular flexibility index (Phi) is 7.48. The van der Waals surface area contributed by atoms with Crippen LogP contribution in [0.2, 0.25) is 10.0 Å². The Morgan fingerprint density at radius 2 is 1.77 bits per heavy atom. The van der Waals surface area contributed by atoms with Crippen molar-refractivity contribution in [3.63, 3.8) is 0 Å². The number of benzene rings is 2. The summed E-state index contributed by atoms with van der Waals surface area (Å²) in [6.45, 7) is 1.47. The highest BCUT2D eigenvalue weighted by Gasteiger charge is 2.14. The second-order valence-electron chi connectivity index (χ2n) is 5.29. The number of nitrogens with one attached hydrogen (secondary N) is 1. The van der Waals surface area contributed by atoms with Crippen molar-refractivity contribution in [3.05, 3.63) is 62.1 Å². The van der Waals surface area contributed by atoms with Crippen molar-refractivity contribution in [2.75, 3.05) is 13.1 Å². The maximum Gasteiger partial charge on any atom is 0.272 e. The zero-order valence-electron chi connectivity index (χ0n) is 13.7. The molecule has 1 N–H and O–H groups in total. The Bertz CT molecular complexity index is 824. The molecule has 0 bridgehead atoms. The third-order valence-corrected chi connectivity index (χ3v) is 3.99. The predicted octanol–water partition coefficient (Wildman–Crippen LogP) is 5.36. The molecule has 0 amide bonds. The monoisotopic (exact) mass is 391 g/mol. The first-order valence-electron chi connectivity index (χ1n) is 7.73. The zero-order valence-corrected chi connectivity index (χ0v) is 15.2. The van der Waals surface area contributed by atoms with Crippen molar-refractivity contribution in [3.8, 4) is 6.07 Å². The highest BCUT2D eigenvalue weighted by atomic mass is 35.5. The molecule has 9 heteroatoms. The summed E-state index contributed by atoms with van der Waals surface area (Å²) in [4.78, 5) is 10.2. The average molecular weight is 392 g/mol. The molecule has 2 aromatic carbocycles. The Morgan fingerprint density at radius 3 is 2.35 bits per heavy atom. The zero-order chi connectivity index (χ0) is 18.9. The van der Waals surface area contributed by atoms with Gasteiger partial charge in [0.15, 0.2) is 0 Å². The van der Waals surface area contributed by atoms with Crippen molar-refractivity contribution in [1.82, 2.24) is 5.32 Å². The molecular weight excluding hydrogens is 377 g/mol. The van der Waals surface area contributed by atoms with Crippen LogP contribution in [-0.2, 0) is 6.42 Å². The number of azo groups is 1. The second-order valence-corrected chi connectivity index (χ2v) is 6.10. The van der Waals surface area contributed by atoms with Gasteiger partial charge in [0.25, 0.3) is 5.69 Å². The van der Waals surface area contributed by atoms with Gasteiger partial charge >= 0.3 is 0 Å². The maximum atomic E-state index is 10.8. The number of rotatable bonds is 8. The topological polar surface area (TPSA) is 104 Å². The van der Waals surface area contributed by atoms with E-state index < -0.39 is 4.92 Å². The van der Waals surface area contributed by atoms with Crippen LogP contribution in [0.5, 0.6) is 0 Å². The number of nitriles is 1. The molecule has 0 atom stereocenters. The van der Waals surface area contributed by atoms with E-state index in [1.165, 1.54) is 12.1 Å². The molecular formula is C17H15Cl2N5O2. The molecule has 7 nitrogen and oxygen atoms in total. The van der Waals surface area contributed by atoms with Crippen molar-refractivity contribution >= 4 is 40.3 Å². The highest BCUT2D eigenvalue weighted by Crippen LogP contribution is 2.37. The average Bonchev–Trinajstić information content (AvgIpc) is 2.61. The highest BCUT2D eigenvalue weighted by molar-refractivity contribution is 6.39. The normalized spacial score (nSPS) is 10.8. The lowest BCUT2D eigenvalue weighted by atomic mass is 10.1. The number of hydrogen-bond acceptors (Lipinski definition) is 6. The molecule has 0 heterocycles. The van der Waals surface area contributed by atoms with Gasteiger partial charge in [0, 0.05) is 25.1 Å². The summed E-state index contributed by atoms with van der Waals surface area (Å²) in [6.07, 6.45) is 1.33. The fraction of sp³-hybridized carbons (Fsp3) is 0.235. The minimum absolute atomic E-state index is 0.0630. The Balaban J connectivity index is 2.01. The summed E-state index contributed by atoms with van der Waals surface area (Å²) in [5.74, 6) is 0. The molecule has 0 saturated heterocycles. The summed E-state index contributed by atoms with van der Waals surface area (Å²) in [7, 11) is 0. The van der Waals surface area contributed by atoms with Crippen LogP contribution >= 0.6 is 23.2 Å². The molecule has 0 radical (unpaired) electrons. The molecule has 2 aromatic rings. The van der Waals surface area contributed by atoms with E-state index in [2.05, 4.69) is 21.6 Å². The number of nitrogens with zero attached hydrogens (tertiary/aromatic N) is 4. The lowest BCUT2D eigenvalue weighted by Crippen LogP contribution is -2.17.